The number of rotatable bonds is 1. The van der Waals surface area contributed by atoms with E-state index in [9.17, 15) is 0 Å². The Bertz CT molecular complexity index is 90.3. The minimum absolute atomic E-state index is 1.09. The molecule has 2 aliphatic heterocycles. The molecule has 2 saturated heterocycles. The Morgan fingerprint density at radius 1 is 1.20 bits per heavy atom. The summed E-state index contributed by atoms with van der Waals surface area (Å²) in [5.74, 6) is 0. The van der Waals surface area contributed by atoms with Crippen LogP contribution in [0.4, 0.5) is 0 Å². The summed E-state index contributed by atoms with van der Waals surface area (Å²) in [6.07, 6.45) is 2.39. The van der Waals surface area contributed by atoms with Crippen molar-refractivity contribution in [2.45, 2.75) is 12.8 Å². The highest BCUT2D eigenvalue weighted by Gasteiger charge is 2.21. The van der Waals surface area contributed by atoms with Crippen molar-refractivity contribution in [1.29, 1.82) is 0 Å². The fraction of sp³-hybridized carbons (Fsp3) is 0.833. The van der Waals surface area contributed by atoms with Gasteiger partial charge in [-0.05, 0) is 12.8 Å². The molecular formula is C6H13N4. The summed E-state index contributed by atoms with van der Waals surface area (Å²) in [4.78, 5) is 0. The van der Waals surface area contributed by atoms with E-state index in [1.807, 2.05) is 0 Å². The van der Waals surface area contributed by atoms with Gasteiger partial charge in [0.05, 0.1) is 0 Å². The Balaban J connectivity index is 1.85. The third-order valence-electron chi connectivity index (χ3n) is 1.86. The fourth-order valence-electron chi connectivity index (χ4n) is 1.33. The van der Waals surface area contributed by atoms with Gasteiger partial charge in [-0.3, -0.25) is 0 Å². The largest absolute Gasteiger partial charge is 0.240 e. The average Bonchev–Trinajstić information content (AvgIpc) is 2.59. The first kappa shape index (κ1) is 6.54. The number of hydrazine groups is 3. The standard InChI is InChI=1S/C6H13N4/c1-3-7-9(5-1)10-6-2-4-8-10/h3,7-8H,1-2,4-6H2. The Morgan fingerprint density at radius 2 is 2.20 bits per heavy atom. The molecule has 0 aliphatic carbocycles. The molecule has 2 heterocycles. The summed E-state index contributed by atoms with van der Waals surface area (Å²) >= 11 is 0. The van der Waals surface area contributed by atoms with E-state index in [4.69, 9.17) is 0 Å². The molecule has 0 bridgehead atoms. The van der Waals surface area contributed by atoms with Gasteiger partial charge in [-0.2, -0.15) is 10.2 Å². The van der Waals surface area contributed by atoms with Gasteiger partial charge in [-0.1, -0.05) is 0 Å². The molecule has 0 atom stereocenters. The predicted octanol–water partition coefficient (Wildman–Crippen LogP) is -0.516. The molecule has 0 amide bonds. The molecule has 0 aromatic carbocycles. The molecule has 0 aromatic rings. The van der Waals surface area contributed by atoms with Crippen molar-refractivity contribution in [1.82, 2.24) is 21.1 Å². The van der Waals surface area contributed by atoms with Crippen LogP contribution in [0.5, 0.6) is 0 Å². The summed E-state index contributed by atoms with van der Waals surface area (Å²) in [6.45, 7) is 5.41. The van der Waals surface area contributed by atoms with Crippen LogP contribution in [0.25, 0.3) is 0 Å². The van der Waals surface area contributed by atoms with E-state index in [0.717, 1.165) is 26.1 Å². The second-order valence-corrected chi connectivity index (χ2v) is 2.63. The van der Waals surface area contributed by atoms with Crippen LogP contribution in [0.15, 0.2) is 0 Å². The molecule has 2 aliphatic rings. The molecule has 0 spiro atoms. The van der Waals surface area contributed by atoms with Gasteiger partial charge >= 0.3 is 0 Å². The van der Waals surface area contributed by atoms with Crippen LogP contribution in [0.3, 0.4) is 0 Å². The van der Waals surface area contributed by atoms with Crippen LogP contribution in [0.1, 0.15) is 12.8 Å². The molecule has 4 heteroatoms. The van der Waals surface area contributed by atoms with Gasteiger partial charge in [-0.25, -0.2) is 10.9 Å². The van der Waals surface area contributed by atoms with Crippen molar-refractivity contribution in [2.24, 2.45) is 0 Å². The maximum Gasteiger partial charge on any atom is 0.0410 e. The first-order valence-electron chi connectivity index (χ1n) is 3.83. The molecule has 2 rings (SSSR count). The minimum Gasteiger partial charge on any atom is -0.240 e. The number of hydrogen-bond acceptors (Lipinski definition) is 4. The van der Waals surface area contributed by atoms with Crippen molar-refractivity contribution in [3.8, 4) is 0 Å². The Labute approximate surface area is 61.1 Å². The van der Waals surface area contributed by atoms with Gasteiger partial charge in [0.2, 0.25) is 0 Å². The van der Waals surface area contributed by atoms with Crippen LogP contribution < -0.4 is 10.9 Å². The van der Waals surface area contributed by atoms with Crippen LogP contribution in [0, 0.1) is 6.54 Å². The van der Waals surface area contributed by atoms with E-state index in [1.54, 1.807) is 0 Å². The molecule has 10 heavy (non-hydrogen) atoms. The highest BCUT2D eigenvalue weighted by atomic mass is 15.9. The summed E-state index contributed by atoms with van der Waals surface area (Å²) in [5, 5.41) is 4.26. The Hall–Kier alpha value is -0.160. The lowest BCUT2D eigenvalue weighted by atomic mass is 10.5. The van der Waals surface area contributed by atoms with Crippen LogP contribution in [-0.2, 0) is 0 Å². The normalized spacial score (nSPS) is 30.0. The van der Waals surface area contributed by atoms with Crippen LogP contribution >= 0.6 is 0 Å². The summed E-state index contributed by atoms with van der Waals surface area (Å²) in [7, 11) is 0. The Morgan fingerprint density at radius 3 is 2.80 bits per heavy atom. The van der Waals surface area contributed by atoms with Gasteiger partial charge < -0.3 is 0 Å². The highest BCUT2D eigenvalue weighted by Crippen LogP contribution is 2.06. The fourth-order valence-corrected chi connectivity index (χ4v) is 1.33. The molecular weight excluding hydrogens is 128 g/mol. The molecule has 2 fully saturated rings. The smallest absolute Gasteiger partial charge is 0.0410 e. The third kappa shape index (κ3) is 1.15. The summed E-state index contributed by atoms with van der Waals surface area (Å²) in [5.41, 5.74) is 6.45. The lowest BCUT2D eigenvalue weighted by Gasteiger charge is -2.25. The number of nitrogens with one attached hydrogen (secondary N) is 2. The first-order chi connectivity index (χ1) is 4.97. The van der Waals surface area contributed by atoms with Crippen molar-refractivity contribution in [3.63, 3.8) is 0 Å². The van der Waals surface area contributed by atoms with Gasteiger partial charge in [0, 0.05) is 26.2 Å². The van der Waals surface area contributed by atoms with Crippen molar-refractivity contribution in [3.05, 3.63) is 6.54 Å². The van der Waals surface area contributed by atoms with E-state index in [-0.39, 0.29) is 0 Å². The second-order valence-electron chi connectivity index (χ2n) is 2.63. The van der Waals surface area contributed by atoms with E-state index in [1.165, 1.54) is 6.42 Å². The van der Waals surface area contributed by atoms with E-state index >= 15 is 0 Å². The van der Waals surface area contributed by atoms with Crippen molar-refractivity contribution >= 4 is 0 Å². The van der Waals surface area contributed by atoms with Crippen molar-refractivity contribution < 1.29 is 0 Å². The second kappa shape index (κ2) is 2.84. The number of nitrogens with zero attached hydrogens (tertiary/aromatic N) is 2. The maximum atomic E-state index is 3.28. The highest BCUT2D eigenvalue weighted by molar-refractivity contribution is 4.71. The zero-order valence-corrected chi connectivity index (χ0v) is 6.01. The average molecular weight is 141 g/mol. The van der Waals surface area contributed by atoms with E-state index in [0.29, 0.717) is 0 Å². The first-order valence-corrected chi connectivity index (χ1v) is 3.83. The van der Waals surface area contributed by atoms with Crippen molar-refractivity contribution in [2.75, 3.05) is 19.6 Å². The van der Waals surface area contributed by atoms with E-state index in [2.05, 4.69) is 27.6 Å². The van der Waals surface area contributed by atoms with Crippen LogP contribution in [0.2, 0.25) is 0 Å². The molecule has 4 nitrogen and oxygen atoms in total. The topological polar surface area (TPSA) is 30.5 Å². The molecule has 0 saturated carbocycles. The van der Waals surface area contributed by atoms with Gasteiger partial charge in [0.25, 0.3) is 0 Å². The molecule has 2 N–H and O–H groups in total. The third-order valence-corrected chi connectivity index (χ3v) is 1.86. The quantitative estimate of drug-likeness (QED) is 0.514. The predicted molar refractivity (Wildman–Crippen MR) is 38.1 cm³/mol. The zero-order chi connectivity index (χ0) is 6.81. The monoisotopic (exact) mass is 141 g/mol. The molecule has 1 radical (unpaired) electrons. The molecule has 0 aromatic heterocycles. The lowest BCUT2D eigenvalue weighted by molar-refractivity contribution is -0.0591. The minimum atomic E-state index is 1.09. The van der Waals surface area contributed by atoms with Crippen LogP contribution in [-0.4, -0.2) is 29.9 Å². The van der Waals surface area contributed by atoms with E-state index < -0.39 is 0 Å². The molecule has 57 valence electrons. The summed E-state index contributed by atoms with van der Waals surface area (Å²) in [6, 6.07) is 0. The van der Waals surface area contributed by atoms with Gasteiger partial charge in [0.1, 0.15) is 0 Å². The summed E-state index contributed by atoms with van der Waals surface area (Å²) < 4.78 is 0. The SMILES string of the molecule is [CH]1CCN(N2CCCN2)N1. The molecule has 0 unspecified atom stereocenters. The Kier molecular flexibility index (Phi) is 1.86. The van der Waals surface area contributed by atoms with Gasteiger partial charge in [0.15, 0.2) is 0 Å². The lowest BCUT2D eigenvalue weighted by Crippen LogP contribution is -2.49. The number of hydrogen-bond donors (Lipinski definition) is 2. The van der Waals surface area contributed by atoms with Gasteiger partial charge in [-0.15, -0.1) is 0 Å². The zero-order valence-electron chi connectivity index (χ0n) is 6.01. The maximum absolute atomic E-state index is 3.28.